The van der Waals surface area contributed by atoms with Gasteiger partial charge in [0.15, 0.2) is 5.79 Å². The van der Waals surface area contributed by atoms with E-state index >= 15 is 0 Å². The maximum absolute atomic E-state index is 12.3. The maximum atomic E-state index is 12.3. The van der Waals surface area contributed by atoms with Gasteiger partial charge in [-0.05, 0) is 79.9 Å². The van der Waals surface area contributed by atoms with Gasteiger partial charge >= 0.3 is 0 Å². The van der Waals surface area contributed by atoms with Gasteiger partial charge in [-0.25, -0.2) is 0 Å². The molecule has 1 spiro atoms. The van der Waals surface area contributed by atoms with E-state index in [1.165, 1.54) is 16.7 Å². The highest BCUT2D eigenvalue weighted by atomic mass is 16.7. The summed E-state index contributed by atoms with van der Waals surface area (Å²) in [6.07, 6.45) is 9.99. The van der Waals surface area contributed by atoms with E-state index in [1.54, 1.807) is 0 Å². The number of hydrogen-bond acceptors (Lipinski definition) is 5. The lowest BCUT2D eigenvalue weighted by Crippen LogP contribution is -2.58. The predicted molar refractivity (Wildman–Crippen MR) is 152 cm³/mol. The monoisotopic (exact) mass is 536 g/mol. The second-order valence-corrected chi connectivity index (χ2v) is 14.5. The van der Waals surface area contributed by atoms with Crippen molar-refractivity contribution in [3.8, 4) is 0 Å². The molecule has 5 nitrogen and oxygen atoms in total. The zero-order valence-corrected chi connectivity index (χ0v) is 24.2. The molecule has 1 heterocycles. The van der Waals surface area contributed by atoms with E-state index in [9.17, 15) is 15.3 Å². The Bertz CT molecular complexity index is 1130. The minimum atomic E-state index is -0.916. The Morgan fingerprint density at radius 1 is 1.00 bits per heavy atom. The van der Waals surface area contributed by atoms with E-state index in [1.807, 2.05) is 18.2 Å². The van der Waals surface area contributed by atoms with E-state index < -0.39 is 17.0 Å². The second-order valence-electron chi connectivity index (χ2n) is 14.5. The molecule has 214 valence electrons. The summed E-state index contributed by atoms with van der Waals surface area (Å²) < 4.78 is 12.8. The van der Waals surface area contributed by atoms with Crippen LogP contribution in [0.4, 0.5) is 0 Å². The number of rotatable bonds is 5. The van der Waals surface area contributed by atoms with Crippen LogP contribution in [0.2, 0.25) is 0 Å². The molecule has 4 fully saturated rings. The molecular weight excluding hydrogens is 488 g/mol. The summed E-state index contributed by atoms with van der Waals surface area (Å²) in [5.41, 5.74) is 2.97. The van der Waals surface area contributed by atoms with E-state index in [0.717, 1.165) is 63.4 Å². The molecule has 5 aliphatic rings. The van der Waals surface area contributed by atoms with Crippen molar-refractivity contribution in [1.29, 1.82) is 0 Å². The van der Waals surface area contributed by atoms with Crippen LogP contribution in [0.15, 0.2) is 48.1 Å². The van der Waals surface area contributed by atoms with Crippen LogP contribution in [0, 0.1) is 22.7 Å². The van der Waals surface area contributed by atoms with Gasteiger partial charge in [-0.2, -0.15) is 0 Å². The third-order valence-corrected chi connectivity index (χ3v) is 11.5. The Morgan fingerprint density at radius 3 is 2.38 bits per heavy atom. The molecule has 0 aromatic heterocycles. The minimum absolute atomic E-state index is 0.00517. The SMILES string of the molecule is C=CCCC1(O)CCC2C3CCC4(O)CC5(CCC4=C3C(c3ccc(CO)cc3)CC21C)OCC(C)(C)CO5. The first kappa shape index (κ1) is 27.7. The molecule has 0 bridgehead atoms. The number of ether oxygens (including phenoxy) is 2. The summed E-state index contributed by atoms with van der Waals surface area (Å²) in [6.45, 7) is 11.9. The third kappa shape index (κ3) is 4.39. The molecule has 39 heavy (non-hydrogen) atoms. The topological polar surface area (TPSA) is 79.2 Å². The zero-order chi connectivity index (χ0) is 27.7. The van der Waals surface area contributed by atoms with Crippen LogP contribution in [0.5, 0.6) is 0 Å². The van der Waals surface area contributed by atoms with Crippen molar-refractivity contribution in [3.63, 3.8) is 0 Å². The van der Waals surface area contributed by atoms with Crippen LogP contribution in [-0.4, -0.2) is 45.5 Å². The normalized spacial score (nSPS) is 40.6. The van der Waals surface area contributed by atoms with Gasteiger partial charge in [0.1, 0.15) is 0 Å². The van der Waals surface area contributed by atoms with Crippen LogP contribution in [0.25, 0.3) is 0 Å². The lowest BCUT2D eigenvalue weighted by Gasteiger charge is -2.58. The van der Waals surface area contributed by atoms with Gasteiger partial charge < -0.3 is 24.8 Å². The molecule has 6 atom stereocenters. The summed E-state index contributed by atoms with van der Waals surface area (Å²) in [5, 5.41) is 34.1. The molecule has 1 aromatic carbocycles. The molecule has 1 saturated heterocycles. The number of fused-ring (bicyclic) bond motifs is 4. The third-order valence-electron chi connectivity index (χ3n) is 11.5. The van der Waals surface area contributed by atoms with Gasteiger partial charge in [0.25, 0.3) is 0 Å². The largest absolute Gasteiger partial charge is 0.392 e. The van der Waals surface area contributed by atoms with Crippen molar-refractivity contribution < 1.29 is 24.8 Å². The van der Waals surface area contributed by atoms with Gasteiger partial charge in [-0.3, -0.25) is 0 Å². The van der Waals surface area contributed by atoms with E-state index in [0.29, 0.717) is 31.5 Å². The Kier molecular flexibility index (Phi) is 6.75. The van der Waals surface area contributed by atoms with Crippen LogP contribution in [0.3, 0.4) is 0 Å². The molecule has 6 rings (SSSR count). The Hall–Kier alpha value is -1.50. The van der Waals surface area contributed by atoms with Crippen LogP contribution < -0.4 is 0 Å². The van der Waals surface area contributed by atoms with Gasteiger partial charge in [0, 0.05) is 29.6 Å². The first-order valence-electron chi connectivity index (χ1n) is 15.2. The zero-order valence-electron chi connectivity index (χ0n) is 24.2. The number of benzene rings is 1. The fourth-order valence-corrected chi connectivity index (χ4v) is 9.25. The quantitative estimate of drug-likeness (QED) is 0.392. The first-order valence-corrected chi connectivity index (χ1v) is 15.2. The highest BCUT2D eigenvalue weighted by Crippen LogP contribution is 2.68. The van der Waals surface area contributed by atoms with Crippen LogP contribution in [-0.2, 0) is 16.1 Å². The molecule has 1 aromatic rings. The first-order chi connectivity index (χ1) is 18.5. The average Bonchev–Trinajstić information content (AvgIpc) is 3.18. The molecule has 6 unspecified atom stereocenters. The Morgan fingerprint density at radius 2 is 1.72 bits per heavy atom. The number of aliphatic hydroxyl groups excluding tert-OH is 1. The van der Waals surface area contributed by atoms with Gasteiger partial charge in [-0.15, -0.1) is 6.58 Å². The maximum Gasteiger partial charge on any atom is 0.171 e. The molecule has 5 heteroatoms. The summed E-state index contributed by atoms with van der Waals surface area (Å²) in [7, 11) is 0. The van der Waals surface area contributed by atoms with E-state index in [2.05, 4.69) is 39.5 Å². The number of aliphatic hydroxyl groups is 3. The second kappa shape index (κ2) is 9.52. The standard InChI is InChI=1S/C34H48O5/c1-5-6-14-33(37)16-12-27-25-11-15-32(36)20-34(38-21-30(2,3)22-39-34)17-13-28(32)29(25)26(18-31(27,33)4)24-9-7-23(19-35)8-10-24/h5,7-10,25-27,35-37H,1,6,11-22H2,2-4H3. The van der Waals surface area contributed by atoms with Gasteiger partial charge in [0.05, 0.1) is 31.0 Å². The fourth-order valence-electron chi connectivity index (χ4n) is 9.25. The fraction of sp³-hybridized carbons (Fsp3) is 0.706. The van der Waals surface area contributed by atoms with Crippen LogP contribution >= 0.6 is 0 Å². The summed E-state index contributed by atoms with van der Waals surface area (Å²) >= 11 is 0. The lowest BCUT2D eigenvalue weighted by molar-refractivity contribution is -0.322. The lowest BCUT2D eigenvalue weighted by atomic mass is 9.49. The van der Waals surface area contributed by atoms with Crippen molar-refractivity contribution in [1.82, 2.24) is 0 Å². The highest BCUT2D eigenvalue weighted by Gasteiger charge is 2.64. The Balaban J connectivity index is 1.42. The predicted octanol–water partition coefficient (Wildman–Crippen LogP) is 6.17. The summed E-state index contributed by atoms with van der Waals surface area (Å²) in [6, 6.07) is 8.38. The van der Waals surface area contributed by atoms with Gasteiger partial charge in [-0.1, -0.05) is 56.7 Å². The molecule has 0 radical (unpaired) electrons. The number of allylic oxidation sites excluding steroid dienone is 2. The van der Waals surface area contributed by atoms with Crippen molar-refractivity contribution in [2.45, 2.75) is 114 Å². The smallest absolute Gasteiger partial charge is 0.171 e. The summed E-state index contributed by atoms with van der Waals surface area (Å²) in [4.78, 5) is 0. The van der Waals surface area contributed by atoms with Gasteiger partial charge in [0.2, 0.25) is 0 Å². The molecule has 3 saturated carbocycles. The molecule has 1 aliphatic heterocycles. The molecule has 4 aliphatic carbocycles. The molecular formula is C34H48O5. The van der Waals surface area contributed by atoms with Crippen molar-refractivity contribution in [3.05, 3.63) is 59.2 Å². The molecule has 3 N–H and O–H groups in total. The van der Waals surface area contributed by atoms with E-state index in [4.69, 9.17) is 9.47 Å². The van der Waals surface area contributed by atoms with Crippen molar-refractivity contribution in [2.24, 2.45) is 22.7 Å². The van der Waals surface area contributed by atoms with Crippen molar-refractivity contribution >= 4 is 0 Å². The van der Waals surface area contributed by atoms with Crippen molar-refractivity contribution in [2.75, 3.05) is 13.2 Å². The average molecular weight is 537 g/mol. The number of hydrogen-bond donors (Lipinski definition) is 3. The highest BCUT2D eigenvalue weighted by molar-refractivity contribution is 5.44. The molecule has 0 amide bonds. The Labute approximate surface area is 234 Å². The van der Waals surface area contributed by atoms with E-state index in [-0.39, 0.29) is 23.4 Å². The minimum Gasteiger partial charge on any atom is -0.392 e. The summed E-state index contributed by atoms with van der Waals surface area (Å²) in [5.74, 6) is 0.216. The van der Waals surface area contributed by atoms with Crippen LogP contribution in [0.1, 0.15) is 102 Å².